The monoisotopic (exact) mass is 236 g/mol. The third-order valence-electron chi connectivity index (χ3n) is 5.92. The van der Waals surface area contributed by atoms with Gasteiger partial charge in [-0.2, -0.15) is 5.21 Å². The Morgan fingerprint density at radius 3 is 2.53 bits per heavy atom. The molecule has 0 aromatic carbocycles. The van der Waals surface area contributed by atoms with Gasteiger partial charge in [0.15, 0.2) is 0 Å². The van der Waals surface area contributed by atoms with E-state index in [4.69, 9.17) is 4.74 Å². The van der Waals surface area contributed by atoms with Gasteiger partial charge in [0.1, 0.15) is 5.60 Å². The number of rotatable bonds is 2. The van der Waals surface area contributed by atoms with Gasteiger partial charge in [0.05, 0.1) is 0 Å². The van der Waals surface area contributed by atoms with Crippen LogP contribution in [0.3, 0.4) is 0 Å². The van der Waals surface area contributed by atoms with Crippen molar-refractivity contribution in [1.29, 1.82) is 0 Å². The number of nitrogens with zero attached hydrogens (tertiary/aromatic N) is 3. The van der Waals surface area contributed by atoms with Crippen molar-refractivity contribution in [1.82, 2.24) is 20.6 Å². The number of aromatic amines is 1. The maximum absolute atomic E-state index is 5.93. The molecule has 2 fully saturated rings. The Morgan fingerprint density at radius 2 is 2.12 bits per heavy atom. The number of hydrogen-bond donors (Lipinski definition) is 1. The van der Waals surface area contributed by atoms with Crippen LogP contribution >= 0.6 is 0 Å². The van der Waals surface area contributed by atoms with Crippen molar-refractivity contribution in [2.75, 3.05) is 7.11 Å². The van der Waals surface area contributed by atoms with E-state index in [2.05, 4.69) is 41.4 Å². The number of tetrazole rings is 1. The fraction of sp³-hybridized carbons (Fsp3) is 0.917. The van der Waals surface area contributed by atoms with E-state index in [0.717, 1.165) is 12.2 Å². The van der Waals surface area contributed by atoms with Crippen LogP contribution in [0.5, 0.6) is 0 Å². The zero-order valence-corrected chi connectivity index (χ0v) is 10.9. The summed E-state index contributed by atoms with van der Waals surface area (Å²) in [7, 11) is 1.78. The minimum Gasteiger partial charge on any atom is -0.369 e. The van der Waals surface area contributed by atoms with Gasteiger partial charge in [0.25, 0.3) is 0 Å². The second-order valence-corrected chi connectivity index (χ2v) is 6.26. The van der Waals surface area contributed by atoms with E-state index in [1.54, 1.807) is 7.11 Å². The van der Waals surface area contributed by atoms with Gasteiger partial charge in [-0.05, 0) is 30.6 Å². The van der Waals surface area contributed by atoms with Gasteiger partial charge in [-0.15, -0.1) is 10.2 Å². The quantitative estimate of drug-likeness (QED) is 0.851. The predicted molar refractivity (Wildman–Crippen MR) is 62.1 cm³/mol. The van der Waals surface area contributed by atoms with Crippen molar-refractivity contribution in [2.45, 2.75) is 45.6 Å². The summed E-state index contributed by atoms with van der Waals surface area (Å²) in [6.07, 6.45) is 3.46. The van der Waals surface area contributed by atoms with Gasteiger partial charge in [-0.1, -0.05) is 26.0 Å². The topological polar surface area (TPSA) is 63.7 Å². The first-order valence-corrected chi connectivity index (χ1v) is 6.27. The lowest BCUT2D eigenvalue weighted by Crippen LogP contribution is -2.47. The fourth-order valence-corrected chi connectivity index (χ4v) is 4.32. The summed E-state index contributed by atoms with van der Waals surface area (Å²) in [5.41, 5.74) is -0.0145. The summed E-state index contributed by atoms with van der Waals surface area (Å²) in [5, 5.41) is 14.7. The molecule has 0 unspecified atom stereocenters. The molecule has 0 radical (unpaired) electrons. The highest BCUT2D eigenvalue weighted by Crippen LogP contribution is 2.73. The number of hydrogen-bond acceptors (Lipinski definition) is 4. The highest BCUT2D eigenvalue weighted by Gasteiger charge is 2.71. The number of ether oxygens (including phenoxy) is 1. The molecule has 94 valence electrons. The molecule has 1 aromatic rings. The third-order valence-corrected chi connectivity index (χ3v) is 5.92. The second-order valence-electron chi connectivity index (χ2n) is 6.26. The molecule has 0 spiro atoms. The summed E-state index contributed by atoms with van der Waals surface area (Å²) < 4.78 is 5.93. The van der Waals surface area contributed by atoms with Crippen molar-refractivity contribution in [3.63, 3.8) is 0 Å². The molecule has 5 heteroatoms. The molecule has 2 aliphatic carbocycles. The zero-order chi connectivity index (χ0) is 12.3. The molecule has 5 nitrogen and oxygen atoms in total. The van der Waals surface area contributed by atoms with Crippen molar-refractivity contribution in [3.8, 4) is 0 Å². The summed E-state index contributed by atoms with van der Waals surface area (Å²) in [6, 6.07) is 0. The number of aromatic nitrogens is 4. The molecule has 1 aromatic heterocycles. The van der Waals surface area contributed by atoms with Gasteiger partial charge < -0.3 is 4.74 Å². The van der Waals surface area contributed by atoms with E-state index in [1.165, 1.54) is 12.8 Å². The molecule has 2 bridgehead atoms. The number of methoxy groups -OCH3 is 1. The lowest BCUT2D eigenvalue weighted by Gasteiger charge is -2.45. The van der Waals surface area contributed by atoms with Crippen molar-refractivity contribution in [2.24, 2.45) is 16.7 Å². The Labute approximate surface area is 101 Å². The fourth-order valence-electron chi connectivity index (χ4n) is 4.32. The van der Waals surface area contributed by atoms with E-state index >= 15 is 0 Å². The maximum Gasteiger partial charge on any atom is 0.206 e. The van der Waals surface area contributed by atoms with Crippen LogP contribution in [0.25, 0.3) is 0 Å². The Bertz CT molecular complexity index is 430. The molecule has 17 heavy (non-hydrogen) atoms. The van der Waals surface area contributed by atoms with Crippen LogP contribution in [-0.4, -0.2) is 27.7 Å². The first-order valence-electron chi connectivity index (χ1n) is 6.27. The first-order chi connectivity index (χ1) is 7.98. The molecule has 0 amide bonds. The Balaban J connectivity index is 2.16. The Morgan fingerprint density at radius 1 is 1.35 bits per heavy atom. The number of nitrogens with one attached hydrogen (secondary N) is 1. The molecule has 3 atom stereocenters. The number of fused-ring (bicyclic) bond motifs is 2. The summed E-state index contributed by atoms with van der Waals surface area (Å²) in [5.74, 6) is 1.41. The van der Waals surface area contributed by atoms with Crippen LogP contribution in [0.2, 0.25) is 0 Å². The van der Waals surface area contributed by atoms with E-state index in [9.17, 15) is 0 Å². The van der Waals surface area contributed by atoms with Crippen LogP contribution < -0.4 is 0 Å². The molecule has 2 aliphatic rings. The number of H-pyrrole nitrogens is 1. The van der Waals surface area contributed by atoms with Crippen LogP contribution in [0.4, 0.5) is 0 Å². The van der Waals surface area contributed by atoms with E-state index < -0.39 is 0 Å². The molecular weight excluding hydrogens is 216 g/mol. The first kappa shape index (κ1) is 11.1. The summed E-state index contributed by atoms with van der Waals surface area (Å²) >= 11 is 0. The van der Waals surface area contributed by atoms with Crippen LogP contribution in [0, 0.1) is 16.7 Å². The van der Waals surface area contributed by atoms with Gasteiger partial charge in [-0.3, -0.25) is 0 Å². The SMILES string of the molecule is CO[C@]1(c2nn[nH]n2)C[C@H]2CC[C@]1(C)C2(C)C. The minimum absolute atomic E-state index is 0.0866. The molecular formula is C12H20N4O. The van der Waals surface area contributed by atoms with Crippen molar-refractivity contribution in [3.05, 3.63) is 5.82 Å². The van der Waals surface area contributed by atoms with Crippen LogP contribution in [0.15, 0.2) is 0 Å². The van der Waals surface area contributed by atoms with Gasteiger partial charge >= 0.3 is 0 Å². The third kappa shape index (κ3) is 1.02. The van der Waals surface area contributed by atoms with E-state index in [1.807, 2.05) is 0 Å². The lowest BCUT2D eigenvalue weighted by molar-refractivity contribution is -0.130. The average molecular weight is 236 g/mol. The molecule has 1 heterocycles. The molecule has 2 saturated carbocycles. The Kier molecular flexibility index (Phi) is 2.01. The minimum atomic E-state index is -0.369. The smallest absolute Gasteiger partial charge is 0.206 e. The molecule has 0 saturated heterocycles. The summed E-state index contributed by atoms with van der Waals surface area (Å²) in [6.45, 7) is 7.02. The van der Waals surface area contributed by atoms with Gasteiger partial charge in [-0.25, -0.2) is 0 Å². The van der Waals surface area contributed by atoms with Crippen molar-refractivity contribution >= 4 is 0 Å². The predicted octanol–water partition coefficient (Wildman–Crippen LogP) is 1.89. The summed E-state index contributed by atoms with van der Waals surface area (Å²) in [4.78, 5) is 0. The average Bonchev–Trinajstić information content (AvgIpc) is 2.93. The van der Waals surface area contributed by atoms with Crippen molar-refractivity contribution < 1.29 is 4.74 Å². The highest BCUT2D eigenvalue weighted by atomic mass is 16.5. The van der Waals surface area contributed by atoms with E-state index in [-0.39, 0.29) is 16.4 Å². The highest BCUT2D eigenvalue weighted by molar-refractivity contribution is 5.23. The molecule has 0 aliphatic heterocycles. The van der Waals surface area contributed by atoms with E-state index in [0.29, 0.717) is 5.92 Å². The second kappa shape index (κ2) is 3.07. The zero-order valence-electron chi connectivity index (χ0n) is 10.9. The maximum atomic E-state index is 5.93. The van der Waals surface area contributed by atoms with Crippen LogP contribution in [-0.2, 0) is 10.3 Å². The largest absolute Gasteiger partial charge is 0.369 e. The molecule has 1 N–H and O–H groups in total. The lowest BCUT2D eigenvalue weighted by atomic mass is 9.64. The van der Waals surface area contributed by atoms with Crippen LogP contribution in [0.1, 0.15) is 45.9 Å². The molecule has 3 rings (SSSR count). The van der Waals surface area contributed by atoms with Gasteiger partial charge in [0, 0.05) is 12.5 Å². The van der Waals surface area contributed by atoms with Gasteiger partial charge in [0.2, 0.25) is 5.82 Å². The Hall–Kier alpha value is -0.970. The normalized spacial score (nSPS) is 43.2. The standard InChI is InChI=1S/C12H20N4O/c1-10(2)8-5-6-11(10,3)12(7-8,17-4)9-13-15-16-14-9/h8H,5-7H2,1-4H3,(H,13,14,15,16)/t8-,11-,12+/m1/s1.